The van der Waals surface area contributed by atoms with Crippen molar-refractivity contribution in [2.24, 2.45) is 0 Å². The average molecular weight is 702 g/mol. The minimum absolute atomic E-state index is 0. The number of aryl methyl sites for hydroxylation is 2. The molecule has 244 valence electrons. The maximum absolute atomic E-state index is 3.06. The number of rotatable bonds is 2. The van der Waals surface area contributed by atoms with Crippen LogP contribution in [0.1, 0.15) is 63.8 Å². The van der Waals surface area contributed by atoms with Gasteiger partial charge < -0.3 is 29.7 Å². The summed E-state index contributed by atoms with van der Waals surface area (Å²) in [6.07, 6.45) is 0. The molecular weight excluding hydrogens is 648 g/mol. The number of hydrogen-bond donors (Lipinski definition) is 0. The Balaban J connectivity index is 0.000000772. The molecule has 0 saturated heterocycles. The standard InChI is InChI=1S/2C20H21.4CH3.Si.Zr/c2*1-14-12-16-6-5-7-18(19(16)13-14)15-8-10-17(11-9-15)20(2,3)4;;;;;;/h2*5-13H,1-4H3;4*1H3;;/q6*-1;;. The van der Waals surface area contributed by atoms with E-state index in [4.69, 9.17) is 0 Å². The number of fused-ring (bicyclic) bond motifs is 2. The van der Waals surface area contributed by atoms with E-state index in [1.165, 1.54) is 89.4 Å². The molecular formula is C44H54SiZr-6. The summed E-state index contributed by atoms with van der Waals surface area (Å²) in [4.78, 5) is 0. The predicted molar refractivity (Wildman–Crippen MR) is 208 cm³/mol. The molecule has 0 aliphatic carbocycles. The molecule has 0 nitrogen and oxygen atoms in total. The van der Waals surface area contributed by atoms with E-state index in [1.54, 1.807) is 0 Å². The first kappa shape index (κ1) is 43.2. The van der Waals surface area contributed by atoms with Gasteiger partial charge in [-0.1, -0.05) is 127 Å². The van der Waals surface area contributed by atoms with E-state index in [0.29, 0.717) is 0 Å². The summed E-state index contributed by atoms with van der Waals surface area (Å²) in [5.41, 5.74) is 11.1. The van der Waals surface area contributed by atoms with Crippen LogP contribution in [0.3, 0.4) is 0 Å². The van der Waals surface area contributed by atoms with Gasteiger partial charge in [0.2, 0.25) is 0 Å². The zero-order valence-corrected chi connectivity index (χ0v) is 33.9. The molecule has 0 unspecified atom stereocenters. The zero-order chi connectivity index (χ0) is 30.7. The van der Waals surface area contributed by atoms with Gasteiger partial charge in [0.25, 0.3) is 0 Å². The monoisotopic (exact) mass is 700 g/mol. The van der Waals surface area contributed by atoms with Crippen molar-refractivity contribution in [2.45, 2.75) is 66.2 Å². The summed E-state index contributed by atoms with van der Waals surface area (Å²) in [6, 6.07) is 40.2. The summed E-state index contributed by atoms with van der Waals surface area (Å²) < 4.78 is 0. The molecule has 0 bridgehead atoms. The fraction of sp³-hybridized carbons (Fsp3) is 0.227. The van der Waals surface area contributed by atoms with E-state index in [1.807, 2.05) is 0 Å². The van der Waals surface area contributed by atoms with Gasteiger partial charge in [0.05, 0.1) is 0 Å². The van der Waals surface area contributed by atoms with Crippen molar-refractivity contribution in [3.63, 3.8) is 0 Å². The molecule has 0 spiro atoms. The second-order valence-electron chi connectivity index (χ2n) is 13.3. The molecule has 0 amide bonds. The van der Waals surface area contributed by atoms with Crippen LogP contribution in [0.5, 0.6) is 0 Å². The van der Waals surface area contributed by atoms with Crippen molar-refractivity contribution in [2.75, 3.05) is 0 Å². The Kier molecular flexibility index (Phi) is 16.8. The van der Waals surface area contributed by atoms with Crippen molar-refractivity contribution in [3.8, 4) is 22.3 Å². The van der Waals surface area contributed by atoms with E-state index in [2.05, 4.69) is 171 Å². The van der Waals surface area contributed by atoms with Gasteiger partial charge in [0.15, 0.2) is 0 Å². The summed E-state index contributed by atoms with van der Waals surface area (Å²) in [7, 11) is 0. The van der Waals surface area contributed by atoms with Crippen molar-refractivity contribution >= 4 is 28.4 Å². The Hall–Kier alpha value is -2.80. The normalized spacial score (nSPS) is 10.5. The Morgan fingerprint density at radius 3 is 1.07 bits per heavy atom. The van der Waals surface area contributed by atoms with Gasteiger partial charge in [-0.15, -0.1) is 69.1 Å². The fourth-order valence-electron chi connectivity index (χ4n) is 5.57. The van der Waals surface area contributed by atoms with E-state index in [-0.39, 0.29) is 40.5 Å². The minimum atomic E-state index is 0. The molecule has 0 fully saturated rings. The number of hydrogen-bond acceptors (Lipinski definition) is 0. The second-order valence-corrected chi connectivity index (χ2v) is 13.3. The van der Waals surface area contributed by atoms with Crippen LogP contribution in [0.15, 0.2) is 109 Å². The Morgan fingerprint density at radius 1 is 0.478 bits per heavy atom. The van der Waals surface area contributed by atoms with Crippen molar-refractivity contribution in [3.05, 3.63) is 161 Å². The topological polar surface area (TPSA) is 0 Å². The van der Waals surface area contributed by atoms with Crippen LogP contribution in [0.25, 0.3) is 43.8 Å². The van der Waals surface area contributed by atoms with Crippen LogP contribution in [0.2, 0.25) is 0 Å². The van der Waals surface area contributed by atoms with Crippen LogP contribution in [-0.4, -0.2) is 6.88 Å². The molecule has 0 atom stereocenters. The molecule has 6 rings (SSSR count). The second kappa shape index (κ2) is 17.9. The maximum atomic E-state index is 3.06. The summed E-state index contributed by atoms with van der Waals surface area (Å²) >= 11 is 1.36. The van der Waals surface area contributed by atoms with E-state index < -0.39 is 0 Å². The van der Waals surface area contributed by atoms with Gasteiger partial charge in [0.1, 0.15) is 0 Å². The summed E-state index contributed by atoms with van der Waals surface area (Å²) in [5, 5.41) is 5.38. The van der Waals surface area contributed by atoms with Gasteiger partial charge in [-0.05, 0) is 33.1 Å². The summed E-state index contributed by atoms with van der Waals surface area (Å²) in [6.45, 7) is 20.9. The molecule has 6 aromatic rings. The molecule has 0 aliphatic rings. The Labute approximate surface area is 299 Å². The SMILES string of the molecule is Cc1cc2c(-c3ccc(C(C)(C)C)cc3)cccc2[cH-]1.Cc1cc2c(-c3ccc(C(C)(C)C)cc3)cccc2[cH-]1.[CH3-].[CH3-].[CH3-].[CH3-].[Si]=[Zr]. The number of benzene rings is 4. The molecule has 2 heteroatoms. The molecule has 0 N–H and O–H groups in total. The third kappa shape index (κ3) is 10.1. The molecule has 0 aromatic heterocycles. The van der Waals surface area contributed by atoms with Crippen LogP contribution < -0.4 is 0 Å². The fourth-order valence-corrected chi connectivity index (χ4v) is 5.57. The van der Waals surface area contributed by atoms with Crippen molar-refractivity contribution in [1.29, 1.82) is 0 Å². The first-order valence-corrected chi connectivity index (χ1v) is 18.9. The zero-order valence-electron chi connectivity index (χ0n) is 30.4. The first-order valence-electron chi connectivity index (χ1n) is 14.7. The third-order valence-electron chi connectivity index (χ3n) is 7.91. The van der Waals surface area contributed by atoms with Crippen LogP contribution in [-0.2, 0) is 34.2 Å². The van der Waals surface area contributed by atoms with E-state index in [9.17, 15) is 0 Å². The van der Waals surface area contributed by atoms with Gasteiger partial charge >= 0.3 is 30.2 Å². The predicted octanol–water partition coefficient (Wildman–Crippen LogP) is 13.1. The summed E-state index contributed by atoms with van der Waals surface area (Å²) in [5.74, 6) is 0. The van der Waals surface area contributed by atoms with Crippen molar-refractivity contribution < 1.29 is 23.3 Å². The molecule has 6 aromatic carbocycles. The van der Waals surface area contributed by atoms with E-state index >= 15 is 0 Å². The van der Waals surface area contributed by atoms with Crippen LogP contribution in [0.4, 0.5) is 0 Å². The molecule has 0 heterocycles. The molecule has 2 radical (unpaired) electrons. The van der Waals surface area contributed by atoms with Crippen LogP contribution in [0, 0.1) is 43.6 Å². The van der Waals surface area contributed by atoms with Gasteiger partial charge in [-0.2, -0.15) is 12.1 Å². The molecule has 46 heavy (non-hydrogen) atoms. The Bertz CT molecular complexity index is 1630. The first-order chi connectivity index (χ1) is 19.9. The molecule has 0 aliphatic heterocycles. The molecule has 0 saturated carbocycles. The average Bonchev–Trinajstić information content (AvgIpc) is 3.54. The van der Waals surface area contributed by atoms with Crippen molar-refractivity contribution in [1.82, 2.24) is 0 Å². The third-order valence-corrected chi connectivity index (χ3v) is 7.91. The Morgan fingerprint density at radius 2 is 0.783 bits per heavy atom. The van der Waals surface area contributed by atoms with Gasteiger partial charge in [-0.25, -0.2) is 0 Å². The van der Waals surface area contributed by atoms with E-state index in [0.717, 1.165) is 0 Å². The van der Waals surface area contributed by atoms with Crippen LogP contribution >= 0.6 is 0 Å². The van der Waals surface area contributed by atoms with Gasteiger partial charge in [0, 0.05) is 0 Å². The quantitative estimate of drug-likeness (QED) is 0.125. The van der Waals surface area contributed by atoms with Gasteiger partial charge in [-0.3, -0.25) is 0 Å².